The van der Waals surface area contributed by atoms with Crippen LogP contribution in [0.25, 0.3) is 0 Å². The Kier molecular flexibility index (Phi) is 3.37. The van der Waals surface area contributed by atoms with Crippen LogP contribution in [0.5, 0.6) is 0 Å². The Morgan fingerprint density at radius 2 is 1.86 bits per heavy atom. The zero-order valence-corrected chi connectivity index (χ0v) is 9.35. The second-order valence-corrected chi connectivity index (χ2v) is 6.21. The molecule has 2 fully saturated rings. The van der Waals surface area contributed by atoms with Crippen LogP contribution in [0.1, 0.15) is 44.9 Å². The zero-order chi connectivity index (χ0) is 9.97. The van der Waals surface area contributed by atoms with Gasteiger partial charge in [0.1, 0.15) is 5.78 Å². The van der Waals surface area contributed by atoms with E-state index in [1.807, 2.05) is 0 Å². The molecule has 0 aliphatic heterocycles. The summed E-state index contributed by atoms with van der Waals surface area (Å²) in [7, 11) is -0.865. The van der Waals surface area contributed by atoms with Crippen LogP contribution in [-0.4, -0.2) is 21.0 Å². The summed E-state index contributed by atoms with van der Waals surface area (Å²) in [4.78, 5) is 11.4. The van der Waals surface area contributed by atoms with E-state index in [1.54, 1.807) is 0 Å². The van der Waals surface area contributed by atoms with Crippen molar-refractivity contribution in [2.45, 2.75) is 50.2 Å². The Balaban J connectivity index is 1.85. The molecule has 2 aliphatic carbocycles. The first-order valence-electron chi connectivity index (χ1n) is 5.67. The van der Waals surface area contributed by atoms with Gasteiger partial charge in [0.05, 0.1) is 5.25 Å². The van der Waals surface area contributed by atoms with E-state index >= 15 is 0 Å². The minimum Gasteiger partial charge on any atom is -0.298 e. The standard InChI is InChI=1S/C11H18O2S/c12-10-6-3-7-11(10)14(13)8-9-4-1-2-5-9/h9,11H,1-8H2. The first kappa shape index (κ1) is 10.3. The van der Waals surface area contributed by atoms with Crippen LogP contribution in [0.15, 0.2) is 0 Å². The predicted molar refractivity (Wildman–Crippen MR) is 57.6 cm³/mol. The van der Waals surface area contributed by atoms with Gasteiger partial charge in [0.2, 0.25) is 0 Å². The van der Waals surface area contributed by atoms with Crippen molar-refractivity contribution in [3.63, 3.8) is 0 Å². The van der Waals surface area contributed by atoms with Crippen LogP contribution in [0.4, 0.5) is 0 Å². The van der Waals surface area contributed by atoms with Crippen LogP contribution in [0, 0.1) is 5.92 Å². The highest BCUT2D eigenvalue weighted by Gasteiger charge is 2.31. The van der Waals surface area contributed by atoms with Gasteiger partial charge in [-0.05, 0) is 31.6 Å². The Hall–Kier alpha value is -0.180. The fraction of sp³-hybridized carbons (Fsp3) is 0.909. The Labute approximate surface area is 87.9 Å². The number of carbonyl (C=O) groups is 1. The molecule has 2 nitrogen and oxygen atoms in total. The molecule has 14 heavy (non-hydrogen) atoms. The molecule has 0 aromatic heterocycles. The SMILES string of the molecule is O=C1CCCC1S(=O)CC1CCCC1. The highest BCUT2D eigenvalue weighted by atomic mass is 32.2. The first-order chi connectivity index (χ1) is 6.77. The van der Waals surface area contributed by atoms with Crippen molar-refractivity contribution in [1.82, 2.24) is 0 Å². The molecule has 0 bridgehead atoms. The maximum Gasteiger partial charge on any atom is 0.148 e. The monoisotopic (exact) mass is 214 g/mol. The van der Waals surface area contributed by atoms with E-state index in [0.717, 1.165) is 18.6 Å². The fourth-order valence-corrected chi connectivity index (χ4v) is 4.46. The number of ketones is 1. The maximum absolute atomic E-state index is 11.9. The molecular weight excluding hydrogens is 196 g/mol. The third kappa shape index (κ3) is 2.25. The summed E-state index contributed by atoms with van der Waals surface area (Å²) in [6, 6.07) is 0. The normalized spacial score (nSPS) is 31.1. The Bertz CT molecular complexity index is 244. The number of hydrogen-bond acceptors (Lipinski definition) is 2. The largest absolute Gasteiger partial charge is 0.298 e. The summed E-state index contributed by atoms with van der Waals surface area (Å²) in [6.07, 6.45) is 7.54. The topological polar surface area (TPSA) is 34.1 Å². The molecule has 0 radical (unpaired) electrons. The third-order valence-electron chi connectivity index (χ3n) is 3.44. The van der Waals surface area contributed by atoms with Gasteiger partial charge in [0, 0.05) is 23.0 Å². The molecule has 2 rings (SSSR count). The number of Topliss-reactive ketones (excluding diaryl/α,β-unsaturated/α-hetero) is 1. The highest BCUT2D eigenvalue weighted by molar-refractivity contribution is 7.86. The van der Waals surface area contributed by atoms with Crippen LogP contribution in [-0.2, 0) is 15.6 Å². The highest BCUT2D eigenvalue weighted by Crippen LogP contribution is 2.28. The average molecular weight is 214 g/mol. The molecule has 2 aliphatic rings. The molecule has 0 N–H and O–H groups in total. The quantitative estimate of drug-likeness (QED) is 0.720. The minimum atomic E-state index is -0.865. The van der Waals surface area contributed by atoms with Gasteiger partial charge in [-0.3, -0.25) is 9.00 Å². The molecule has 0 saturated heterocycles. The van der Waals surface area contributed by atoms with Crippen molar-refractivity contribution in [2.24, 2.45) is 5.92 Å². The summed E-state index contributed by atoms with van der Waals surface area (Å²) >= 11 is 0. The van der Waals surface area contributed by atoms with Gasteiger partial charge in [0.15, 0.2) is 0 Å². The first-order valence-corrected chi connectivity index (χ1v) is 7.05. The van der Waals surface area contributed by atoms with E-state index in [9.17, 15) is 9.00 Å². The number of rotatable bonds is 3. The Morgan fingerprint density at radius 1 is 1.14 bits per heavy atom. The third-order valence-corrected chi connectivity index (χ3v) is 5.37. The number of carbonyl (C=O) groups excluding carboxylic acids is 1. The van der Waals surface area contributed by atoms with Crippen LogP contribution in [0.3, 0.4) is 0 Å². The van der Waals surface area contributed by atoms with Crippen molar-refractivity contribution in [3.05, 3.63) is 0 Å². The van der Waals surface area contributed by atoms with E-state index < -0.39 is 10.8 Å². The molecule has 2 unspecified atom stereocenters. The van der Waals surface area contributed by atoms with Gasteiger partial charge < -0.3 is 0 Å². The van der Waals surface area contributed by atoms with Crippen molar-refractivity contribution < 1.29 is 9.00 Å². The van der Waals surface area contributed by atoms with Crippen LogP contribution >= 0.6 is 0 Å². The van der Waals surface area contributed by atoms with Gasteiger partial charge in [0.25, 0.3) is 0 Å². The van der Waals surface area contributed by atoms with Crippen molar-refractivity contribution in [3.8, 4) is 0 Å². The lowest BCUT2D eigenvalue weighted by Gasteiger charge is -2.12. The lowest BCUT2D eigenvalue weighted by molar-refractivity contribution is -0.117. The van der Waals surface area contributed by atoms with Crippen LogP contribution < -0.4 is 0 Å². The Morgan fingerprint density at radius 3 is 2.43 bits per heavy atom. The molecule has 0 heterocycles. The second-order valence-electron chi connectivity index (χ2n) is 4.55. The van der Waals surface area contributed by atoms with Crippen LogP contribution in [0.2, 0.25) is 0 Å². The van der Waals surface area contributed by atoms with Crippen molar-refractivity contribution >= 4 is 16.6 Å². The van der Waals surface area contributed by atoms with Gasteiger partial charge in [-0.2, -0.15) is 0 Å². The summed E-state index contributed by atoms with van der Waals surface area (Å²) in [6.45, 7) is 0. The van der Waals surface area contributed by atoms with E-state index in [4.69, 9.17) is 0 Å². The minimum absolute atomic E-state index is 0.101. The summed E-state index contributed by atoms with van der Waals surface area (Å²) in [5, 5.41) is -0.101. The van der Waals surface area contributed by atoms with Gasteiger partial charge in [-0.15, -0.1) is 0 Å². The molecule has 0 aromatic rings. The summed E-state index contributed by atoms with van der Waals surface area (Å²) < 4.78 is 11.9. The lowest BCUT2D eigenvalue weighted by Crippen LogP contribution is -2.24. The second kappa shape index (κ2) is 4.56. The molecule has 2 atom stereocenters. The van der Waals surface area contributed by atoms with E-state index in [1.165, 1.54) is 25.7 Å². The van der Waals surface area contributed by atoms with E-state index in [-0.39, 0.29) is 11.0 Å². The van der Waals surface area contributed by atoms with Gasteiger partial charge in [-0.25, -0.2) is 0 Å². The van der Waals surface area contributed by atoms with Crippen molar-refractivity contribution in [1.29, 1.82) is 0 Å². The predicted octanol–water partition coefficient (Wildman–Crippen LogP) is 2.05. The average Bonchev–Trinajstić information content (AvgIpc) is 2.75. The lowest BCUT2D eigenvalue weighted by atomic mass is 10.1. The number of hydrogen-bond donors (Lipinski definition) is 0. The molecular formula is C11H18O2S. The van der Waals surface area contributed by atoms with Gasteiger partial charge >= 0.3 is 0 Å². The summed E-state index contributed by atoms with van der Waals surface area (Å²) in [5.41, 5.74) is 0. The molecule has 0 aromatic carbocycles. The molecule has 0 amide bonds. The summed E-state index contributed by atoms with van der Waals surface area (Å²) in [5.74, 6) is 1.68. The van der Waals surface area contributed by atoms with E-state index in [2.05, 4.69) is 0 Å². The zero-order valence-electron chi connectivity index (χ0n) is 8.54. The van der Waals surface area contributed by atoms with Gasteiger partial charge in [-0.1, -0.05) is 12.8 Å². The van der Waals surface area contributed by atoms with Crippen molar-refractivity contribution in [2.75, 3.05) is 5.75 Å². The van der Waals surface area contributed by atoms with E-state index in [0.29, 0.717) is 12.3 Å². The molecule has 2 saturated carbocycles. The molecule has 80 valence electrons. The smallest absolute Gasteiger partial charge is 0.148 e. The fourth-order valence-electron chi connectivity index (χ4n) is 2.59. The molecule has 3 heteroatoms. The maximum atomic E-state index is 11.9. The molecule has 0 spiro atoms.